The number of hydrogen-bond donors (Lipinski definition) is 2. The van der Waals surface area contributed by atoms with Crippen LogP contribution >= 0.6 is 0 Å². The second kappa shape index (κ2) is 7.76. The van der Waals surface area contributed by atoms with Crippen molar-refractivity contribution in [2.45, 2.75) is 51.1 Å². The van der Waals surface area contributed by atoms with Gasteiger partial charge in [0.2, 0.25) is 10.0 Å². The third-order valence-electron chi connectivity index (χ3n) is 2.88. The molecule has 1 atom stereocenters. The summed E-state index contributed by atoms with van der Waals surface area (Å²) < 4.78 is 31.4. The number of rotatable bonds is 6. The van der Waals surface area contributed by atoms with Gasteiger partial charge in [0.25, 0.3) is 5.91 Å². The molecule has 0 spiro atoms. The van der Waals surface area contributed by atoms with Gasteiger partial charge in [-0.1, -0.05) is 17.7 Å². The summed E-state index contributed by atoms with van der Waals surface area (Å²) in [6.45, 7) is 8.12. The zero-order valence-corrected chi connectivity index (χ0v) is 15.4. The fourth-order valence-electron chi connectivity index (χ4n) is 1.78. The first-order valence-corrected chi connectivity index (χ1v) is 8.96. The molecule has 1 amide bonds. The molecular weight excluding hydrogens is 332 g/mol. The SMILES string of the molecule is Cc1ccc(S(=O)(=O)N[C@@H](C)C(=O)OCC(=O)NC(C)(C)C)cc1. The van der Waals surface area contributed by atoms with E-state index < -0.39 is 40.1 Å². The second-order valence-corrected chi connectivity index (χ2v) is 8.28. The van der Waals surface area contributed by atoms with E-state index in [9.17, 15) is 18.0 Å². The zero-order valence-electron chi connectivity index (χ0n) is 14.5. The molecule has 0 bridgehead atoms. The molecule has 0 saturated heterocycles. The van der Waals surface area contributed by atoms with Crippen LogP contribution in [0.3, 0.4) is 0 Å². The Balaban J connectivity index is 2.60. The predicted molar refractivity (Wildman–Crippen MR) is 89.8 cm³/mol. The highest BCUT2D eigenvalue weighted by Crippen LogP contribution is 2.10. The smallest absolute Gasteiger partial charge is 0.324 e. The summed E-state index contributed by atoms with van der Waals surface area (Å²) >= 11 is 0. The molecular formula is C16H24N2O5S. The van der Waals surface area contributed by atoms with Crippen molar-refractivity contribution in [3.8, 4) is 0 Å². The summed E-state index contributed by atoms with van der Waals surface area (Å²) in [5.74, 6) is -1.28. The molecule has 24 heavy (non-hydrogen) atoms. The number of aryl methyl sites for hydroxylation is 1. The van der Waals surface area contributed by atoms with Crippen molar-refractivity contribution >= 4 is 21.9 Å². The lowest BCUT2D eigenvalue weighted by molar-refractivity contribution is -0.150. The van der Waals surface area contributed by atoms with Crippen molar-refractivity contribution in [3.63, 3.8) is 0 Å². The van der Waals surface area contributed by atoms with Gasteiger partial charge in [-0.25, -0.2) is 8.42 Å². The van der Waals surface area contributed by atoms with Crippen LogP contribution in [0.2, 0.25) is 0 Å². The largest absolute Gasteiger partial charge is 0.454 e. The lowest BCUT2D eigenvalue weighted by Crippen LogP contribution is -2.44. The van der Waals surface area contributed by atoms with Gasteiger partial charge in [-0.15, -0.1) is 0 Å². The maximum Gasteiger partial charge on any atom is 0.324 e. The summed E-state index contributed by atoms with van der Waals surface area (Å²) in [6, 6.07) is 5.11. The van der Waals surface area contributed by atoms with Gasteiger partial charge in [0.15, 0.2) is 6.61 Å². The van der Waals surface area contributed by atoms with Gasteiger partial charge in [-0.3, -0.25) is 9.59 Å². The van der Waals surface area contributed by atoms with Crippen LogP contribution in [0.15, 0.2) is 29.2 Å². The van der Waals surface area contributed by atoms with E-state index in [1.54, 1.807) is 32.9 Å². The third-order valence-corrected chi connectivity index (χ3v) is 4.43. The maximum absolute atomic E-state index is 12.2. The molecule has 0 aliphatic carbocycles. The number of sulfonamides is 1. The predicted octanol–water partition coefficient (Wildman–Crippen LogP) is 1.12. The maximum atomic E-state index is 12.2. The highest BCUT2D eigenvalue weighted by atomic mass is 32.2. The zero-order chi connectivity index (χ0) is 18.5. The lowest BCUT2D eigenvalue weighted by atomic mass is 10.1. The van der Waals surface area contributed by atoms with E-state index in [2.05, 4.69) is 10.0 Å². The minimum atomic E-state index is -3.84. The van der Waals surface area contributed by atoms with Crippen LogP contribution in [0.4, 0.5) is 0 Å². The van der Waals surface area contributed by atoms with Crippen LogP contribution in [0.5, 0.6) is 0 Å². The Bertz CT molecular complexity index is 690. The Morgan fingerprint density at radius 2 is 1.71 bits per heavy atom. The summed E-state index contributed by atoms with van der Waals surface area (Å²) in [5.41, 5.74) is 0.480. The highest BCUT2D eigenvalue weighted by molar-refractivity contribution is 7.89. The Labute approximate surface area is 142 Å². The minimum absolute atomic E-state index is 0.0539. The quantitative estimate of drug-likeness (QED) is 0.744. The molecule has 0 fully saturated rings. The van der Waals surface area contributed by atoms with Crippen LogP contribution < -0.4 is 10.0 Å². The molecule has 0 unspecified atom stereocenters. The summed E-state index contributed by atoms with van der Waals surface area (Å²) in [5, 5.41) is 2.64. The Morgan fingerprint density at radius 3 is 2.21 bits per heavy atom. The molecule has 1 aromatic rings. The number of benzene rings is 1. The van der Waals surface area contributed by atoms with Crippen LogP contribution in [0, 0.1) is 6.92 Å². The van der Waals surface area contributed by atoms with Crippen LogP contribution in [-0.2, 0) is 24.3 Å². The van der Waals surface area contributed by atoms with E-state index in [4.69, 9.17) is 4.74 Å². The molecule has 0 aliphatic rings. The number of carbonyl (C=O) groups is 2. The van der Waals surface area contributed by atoms with E-state index in [1.807, 2.05) is 6.92 Å². The van der Waals surface area contributed by atoms with Crippen LogP contribution in [-0.4, -0.2) is 38.5 Å². The molecule has 1 rings (SSSR count). The Kier molecular flexibility index (Phi) is 6.50. The topological polar surface area (TPSA) is 102 Å². The Morgan fingerprint density at radius 1 is 1.17 bits per heavy atom. The van der Waals surface area contributed by atoms with Crippen molar-refractivity contribution in [1.29, 1.82) is 0 Å². The summed E-state index contributed by atoms with van der Waals surface area (Å²) in [7, 11) is -3.84. The normalized spacial score (nSPS) is 13.2. The van der Waals surface area contributed by atoms with Crippen molar-refractivity contribution in [1.82, 2.24) is 10.0 Å². The highest BCUT2D eigenvalue weighted by Gasteiger charge is 2.24. The van der Waals surface area contributed by atoms with Gasteiger partial charge in [0.1, 0.15) is 6.04 Å². The van der Waals surface area contributed by atoms with E-state index in [-0.39, 0.29) is 4.90 Å². The first-order chi connectivity index (χ1) is 10.9. The van der Waals surface area contributed by atoms with Crippen molar-refractivity contribution in [3.05, 3.63) is 29.8 Å². The van der Waals surface area contributed by atoms with Crippen LogP contribution in [0.1, 0.15) is 33.3 Å². The molecule has 7 nitrogen and oxygen atoms in total. The van der Waals surface area contributed by atoms with Crippen molar-refractivity contribution in [2.75, 3.05) is 6.61 Å². The molecule has 2 N–H and O–H groups in total. The number of ether oxygens (including phenoxy) is 1. The molecule has 0 saturated carbocycles. The molecule has 8 heteroatoms. The fraction of sp³-hybridized carbons (Fsp3) is 0.500. The third kappa shape index (κ3) is 6.67. The summed E-state index contributed by atoms with van der Waals surface area (Å²) in [6.07, 6.45) is 0. The van der Waals surface area contributed by atoms with Gasteiger partial charge >= 0.3 is 5.97 Å². The number of amides is 1. The molecule has 0 heterocycles. The van der Waals surface area contributed by atoms with Crippen molar-refractivity contribution < 1.29 is 22.7 Å². The monoisotopic (exact) mass is 356 g/mol. The standard InChI is InChI=1S/C16H24N2O5S/c1-11-6-8-13(9-7-11)24(21,22)18-12(2)15(20)23-10-14(19)17-16(3,4)5/h6-9,12,18H,10H2,1-5H3,(H,17,19)/t12-/m0/s1. The first-order valence-electron chi connectivity index (χ1n) is 7.47. The van der Waals surface area contributed by atoms with Gasteiger partial charge in [-0.05, 0) is 46.8 Å². The minimum Gasteiger partial charge on any atom is -0.454 e. The van der Waals surface area contributed by atoms with Gasteiger partial charge in [0, 0.05) is 5.54 Å². The molecule has 0 radical (unpaired) electrons. The summed E-state index contributed by atoms with van der Waals surface area (Å²) in [4.78, 5) is 23.5. The molecule has 0 aliphatic heterocycles. The lowest BCUT2D eigenvalue weighted by Gasteiger charge is -2.20. The van der Waals surface area contributed by atoms with Crippen LogP contribution in [0.25, 0.3) is 0 Å². The van der Waals surface area contributed by atoms with Gasteiger partial charge in [0.05, 0.1) is 4.90 Å². The Hall–Kier alpha value is -1.93. The van der Waals surface area contributed by atoms with E-state index in [0.29, 0.717) is 0 Å². The fourth-order valence-corrected chi connectivity index (χ4v) is 2.97. The van der Waals surface area contributed by atoms with Gasteiger partial charge < -0.3 is 10.1 Å². The van der Waals surface area contributed by atoms with Crippen molar-refractivity contribution in [2.24, 2.45) is 0 Å². The number of hydrogen-bond acceptors (Lipinski definition) is 5. The van der Waals surface area contributed by atoms with E-state index in [1.165, 1.54) is 19.1 Å². The number of carbonyl (C=O) groups excluding carboxylic acids is 2. The molecule has 134 valence electrons. The van der Waals surface area contributed by atoms with E-state index >= 15 is 0 Å². The number of esters is 1. The molecule has 0 aromatic heterocycles. The average Bonchev–Trinajstić information content (AvgIpc) is 2.42. The average molecular weight is 356 g/mol. The molecule has 1 aromatic carbocycles. The second-order valence-electron chi connectivity index (χ2n) is 6.56. The first kappa shape index (κ1) is 20.1. The van der Waals surface area contributed by atoms with E-state index in [0.717, 1.165) is 5.56 Å². The number of nitrogens with one attached hydrogen (secondary N) is 2. The van der Waals surface area contributed by atoms with Gasteiger partial charge in [-0.2, -0.15) is 4.72 Å².